The molecule has 0 spiro atoms. The lowest BCUT2D eigenvalue weighted by molar-refractivity contribution is 0.0472. The van der Waals surface area contributed by atoms with Crippen LogP contribution in [0.4, 0.5) is 5.69 Å². The number of esters is 1. The van der Waals surface area contributed by atoms with E-state index in [1.807, 2.05) is 25.1 Å². The molecule has 0 aliphatic rings. The fourth-order valence-corrected chi connectivity index (χ4v) is 1.89. The van der Waals surface area contributed by atoms with E-state index in [0.717, 1.165) is 11.1 Å². The summed E-state index contributed by atoms with van der Waals surface area (Å²) >= 11 is 6.00. The maximum atomic E-state index is 12.0. The quantitative estimate of drug-likeness (QED) is 0.688. The number of carbonyl (C=O) groups is 1. The molecule has 2 aromatic carbocycles. The maximum Gasteiger partial charge on any atom is 0.338 e. The molecule has 4 heteroatoms. The van der Waals surface area contributed by atoms with Crippen molar-refractivity contribution in [1.29, 1.82) is 0 Å². The Hall–Kier alpha value is -2.00. The summed E-state index contributed by atoms with van der Waals surface area (Å²) in [4.78, 5) is 12.0. The van der Waals surface area contributed by atoms with Crippen LogP contribution in [0.3, 0.4) is 0 Å². The van der Waals surface area contributed by atoms with Crippen LogP contribution in [0.5, 0.6) is 0 Å². The Morgan fingerprint density at radius 2 is 2.00 bits per heavy atom. The van der Waals surface area contributed by atoms with Crippen LogP contribution in [0, 0.1) is 6.92 Å². The highest BCUT2D eigenvalue weighted by Gasteiger charge is 2.11. The smallest absolute Gasteiger partial charge is 0.338 e. The molecule has 0 fully saturated rings. The summed E-state index contributed by atoms with van der Waals surface area (Å²) in [6, 6.07) is 12.4. The predicted molar refractivity (Wildman–Crippen MR) is 76.2 cm³/mol. The second kappa shape index (κ2) is 5.76. The van der Waals surface area contributed by atoms with E-state index in [2.05, 4.69) is 0 Å². The summed E-state index contributed by atoms with van der Waals surface area (Å²) in [6.45, 7) is 1.98. The maximum absolute atomic E-state index is 12.0. The molecule has 0 bridgehead atoms. The van der Waals surface area contributed by atoms with Crippen LogP contribution in [-0.4, -0.2) is 5.97 Å². The third kappa shape index (κ3) is 3.26. The average Bonchev–Trinajstić information content (AvgIpc) is 2.40. The average molecular weight is 276 g/mol. The van der Waals surface area contributed by atoms with Crippen molar-refractivity contribution in [2.24, 2.45) is 0 Å². The van der Waals surface area contributed by atoms with Crippen LogP contribution in [0.25, 0.3) is 0 Å². The Bertz CT molecular complexity index is 611. The van der Waals surface area contributed by atoms with Gasteiger partial charge in [0.25, 0.3) is 0 Å². The van der Waals surface area contributed by atoms with Gasteiger partial charge < -0.3 is 10.5 Å². The van der Waals surface area contributed by atoms with E-state index >= 15 is 0 Å². The Morgan fingerprint density at radius 3 is 2.74 bits per heavy atom. The molecule has 0 heterocycles. The third-order valence-corrected chi connectivity index (χ3v) is 3.17. The number of hydrogen-bond acceptors (Lipinski definition) is 3. The highest BCUT2D eigenvalue weighted by molar-refractivity contribution is 6.31. The minimum absolute atomic E-state index is 0.146. The van der Waals surface area contributed by atoms with Gasteiger partial charge in [-0.05, 0) is 30.7 Å². The summed E-state index contributed by atoms with van der Waals surface area (Å²) in [5.41, 5.74) is 8.29. The van der Waals surface area contributed by atoms with Gasteiger partial charge in [-0.2, -0.15) is 0 Å². The SMILES string of the molecule is Cc1ccc(N)cc1C(=O)OCc1ccccc1Cl. The lowest BCUT2D eigenvalue weighted by Crippen LogP contribution is -2.08. The number of carbonyl (C=O) groups excluding carboxylic acids is 1. The first-order valence-corrected chi connectivity index (χ1v) is 6.22. The molecule has 0 amide bonds. The summed E-state index contributed by atoms with van der Waals surface area (Å²) in [5, 5.41) is 0.583. The molecule has 19 heavy (non-hydrogen) atoms. The van der Waals surface area contributed by atoms with Crippen LogP contribution in [-0.2, 0) is 11.3 Å². The fraction of sp³-hybridized carbons (Fsp3) is 0.133. The Labute approximate surface area is 117 Å². The van der Waals surface area contributed by atoms with Gasteiger partial charge in [0.05, 0.1) is 5.56 Å². The first-order chi connectivity index (χ1) is 9.08. The minimum Gasteiger partial charge on any atom is -0.457 e. The molecule has 2 rings (SSSR count). The van der Waals surface area contributed by atoms with Crippen molar-refractivity contribution in [3.63, 3.8) is 0 Å². The molecule has 2 aromatic rings. The lowest BCUT2D eigenvalue weighted by atomic mass is 10.1. The van der Waals surface area contributed by atoms with Crippen molar-refractivity contribution in [3.8, 4) is 0 Å². The molecule has 0 radical (unpaired) electrons. The lowest BCUT2D eigenvalue weighted by Gasteiger charge is -2.09. The number of aryl methyl sites for hydroxylation is 1. The molecular weight excluding hydrogens is 262 g/mol. The van der Waals surface area contributed by atoms with Crippen molar-refractivity contribution in [1.82, 2.24) is 0 Å². The zero-order chi connectivity index (χ0) is 13.8. The second-order valence-corrected chi connectivity index (χ2v) is 4.65. The van der Waals surface area contributed by atoms with Crippen molar-refractivity contribution < 1.29 is 9.53 Å². The predicted octanol–water partition coefficient (Wildman–Crippen LogP) is 3.59. The molecule has 0 aromatic heterocycles. The van der Waals surface area contributed by atoms with Gasteiger partial charge in [-0.3, -0.25) is 0 Å². The molecule has 0 saturated heterocycles. The van der Waals surface area contributed by atoms with Crippen molar-refractivity contribution >= 4 is 23.3 Å². The molecule has 0 unspecified atom stereocenters. The van der Waals surface area contributed by atoms with E-state index in [-0.39, 0.29) is 6.61 Å². The van der Waals surface area contributed by atoms with Crippen LogP contribution in [0.1, 0.15) is 21.5 Å². The summed E-state index contributed by atoms with van der Waals surface area (Å²) < 4.78 is 5.25. The number of halogens is 1. The largest absolute Gasteiger partial charge is 0.457 e. The zero-order valence-electron chi connectivity index (χ0n) is 10.5. The molecule has 98 valence electrons. The Balaban J connectivity index is 2.10. The van der Waals surface area contributed by atoms with E-state index in [1.54, 1.807) is 24.3 Å². The van der Waals surface area contributed by atoms with E-state index in [0.29, 0.717) is 16.3 Å². The number of nitrogen functional groups attached to an aromatic ring is 1. The monoisotopic (exact) mass is 275 g/mol. The Kier molecular flexibility index (Phi) is 4.07. The van der Waals surface area contributed by atoms with Crippen molar-refractivity contribution in [3.05, 3.63) is 64.2 Å². The molecule has 3 nitrogen and oxygen atoms in total. The normalized spacial score (nSPS) is 10.2. The number of benzene rings is 2. The van der Waals surface area contributed by atoms with Gasteiger partial charge in [0.1, 0.15) is 6.61 Å². The second-order valence-electron chi connectivity index (χ2n) is 4.24. The van der Waals surface area contributed by atoms with Gasteiger partial charge in [0.15, 0.2) is 0 Å². The van der Waals surface area contributed by atoms with Gasteiger partial charge in [-0.15, -0.1) is 0 Å². The van der Waals surface area contributed by atoms with E-state index in [4.69, 9.17) is 22.1 Å². The first kappa shape index (κ1) is 13.4. The molecule has 0 atom stereocenters. The molecule has 0 aliphatic heterocycles. The van der Waals surface area contributed by atoms with E-state index in [9.17, 15) is 4.79 Å². The number of nitrogens with two attached hydrogens (primary N) is 1. The van der Waals surface area contributed by atoms with Gasteiger partial charge >= 0.3 is 5.97 Å². The third-order valence-electron chi connectivity index (χ3n) is 2.80. The zero-order valence-corrected chi connectivity index (χ0v) is 11.3. The van der Waals surface area contributed by atoms with Gasteiger partial charge in [0, 0.05) is 16.3 Å². The number of hydrogen-bond donors (Lipinski definition) is 1. The summed E-state index contributed by atoms with van der Waals surface area (Å²) in [7, 11) is 0. The van der Waals surface area contributed by atoms with Gasteiger partial charge in [-0.1, -0.05) is 35.9 Å². The number of rotatable bonds is 3. The summed E-state index contributed by atoms with van der Waals surface area (Å²) in [6.07, 6.45) is 0. The number of ether oxygens (including phenoxy) is 1. The van der Waals surface area contributed by atoms with Crippen LogP contribution in [0.15, 0.2) is 42.5 Å². The van der Waals surface area contributed by atoms with Crippen LogP contribution < -0.4 is 5.73 Å². The highest BCUT2D eigenvalue weighted by Crippen LogP contribution is 2.18. The highest BCUT2D eigenvalue weighted by atomic mass is 35.5. The standard InChI is InChI=1S/C15H14ClNO2/c1-10-6-7-12(17)8-13(10)15(18)19-9-11-4-2-3-5-14(11)16/h2-8H,9,17H2,1H3. The number of anilines is 1. The van der Waals surface area contributed by atoms with Crippen molar-refractivity contribution in [2.75, 3.05) is 5.73 Å². The van der Waals surface area contributed by atoms with E-state index in [1.165, 1.54) is 0 Å². The molecule has 0 aliphatic carbocycles. The van der Waals surface area contributed by atoms with E-state index < -0.39 is 5.97 Å². The molecular formula is C15H14ClNO2. The topological polar surface area (TPSA) is 52.3 Å². The fourth-order valence-electron chi connectivity index (χ4n) is 1.70. The molecule has 0 saturated carbocycles. The van der Waals surface area contributed by atoms with Crippen LogP contribution in [0.2, 0.25) is 5.02 Å². The summed E-state index contributed by atoms with van der Waals surface area (Å²) in [5.74, 6) is -0.398. The Morgan fingerprint density at radius 1 is 1.26 bits per heavy atom. The van der Waals surface area contributed by atoms with Gasteiger partial charge in [-0.25, -0.2) is 4.79 Å². The van der Waals surface area contributed by atoms with Gasteiger partial charge in [0.2, 0.25) is 0 Å². The van der Waals surface area contributed by atoms with Crippen molar-refractivity contribution in [2.45, 2.75) is 13.5 Å². The first-order valence-electron chi connectivity index (χ1n) is 5.84. The molecule has 2 N–H and O–H groups in total. The van der Waals surface area contributed by atoms with Crippen LogP contribution >= 0.6 is 11.6 Å². The minimum atomic E-state index is -0.398.